The summed E-state index contributed by atoms with van der Waals surface area (Å²) in [7, 11) is 0. The van der Waals surface area contributed by atoms with Crippen molar-refractivity contribution in [3.05, 3.63) is 51.9 Å². The maximum Gasteiger partial charge on any atom is 0.323 e. The average Bonchev–Trinajstić information content (AvgIpc) is 2.71. The third-order valence-corrected chi connectivity index (χ3v) is 4.73. The first kappa shape index (κ1) is 16.5. The van der Waals surface area contributed by atoms with Crippen molar-refractivity contribution in [3.8, 4) is 0 Å². The standard InChI is InChI=1S/C16H15NO3S2/c1-10-5-3-6-12(11(10)2)7-4-8-13-15(20)17(9-14(18)19)16(21)22-13/h3-8H,9H2,1-2H3,(H,18,19). The van der Waals surface area contributed by atoms with Crippen LogP contribution >= 0.6 is 24.0 Å². The highest BCUT2D eigenvalue weighted by molar-refractivity contribution is 8.26. The van der Waals surface area contributed by atoms with Crippen LogP contribution in [0.1, 0.15) is 16.7 Å². The second-order valence-corrected chi connectivity index (χ2v) is 6.51. The molecule has 1 heterocycles. The number of carbonyl (C=O) groups excluding carboxylic acids is 1. The Balaban J connectivity index is 2.15. The number of allylic oxidation sites excluding steroid dienone is 2. The Bertz CT molecular complexity index is 707. The Labute approximate surface area is 138 Å². The molecule has 6 heteroatoms. The van der Waals surface area contributed by atoms with Crippen molar-refractivity contribution < 1.29 is 14.7 Å². The van der Waals surface area contributed by atoms with Gasteiger partial charge in [0.1, 0.15) is 10.9 Å². The van der Waals surface area contributed by atoms with E-state index in [4.69, 9.17) is 17.3 Å². The average molecular weight is 333 g/mol. The smallest absolute Gasteiger partial charge is 0.323 e. The molecule has 1 N–H and O–H groups in total. The van der Waals surface area contributed by atoms with E-state index in [1.807, 2.05) is 38.1 Å². The highest BCUT2D eigenvalue weighted by Gasteiger charge is 2.32. The monoisotopic (exact) mass is 333 g/mol. The number of hydrogen-bond acceptors (Lipinski definition) is 4. The Kier molecular flexibility index (Phi) is 5.15. The Morgan fingerprint density at radius 2 is 2.14 bits per heavy atom. The van der Waals surface area contributed by atoms with E-state index in [0.717, 1.165) is 22.2 Å². The fourth-order valence-corrected chi connectivity index (χ4v) is 3.19. The molecule has 1 fully saturated rings. The minimum atomic E-state index is -1.08. The Morgan fingerprint density at radius 1 is 1.41 bits per heavy atom. The van der Waals surface area contributed by atoms with E-state index in [2.05, 4.69) is 0 Å². The molecule has 0 aromatic heterocycles. The molecule has 4 nitrogen and oxygen atoms in total. The molecule has 1 aliphatic heterocycles. The number of nitrogens with zero attached hydrogens (tertiary/aromatic N) is 1. The Morgan fingerprint density at radius 3 is 2.82 bits per heavy atom. The zero-order valence-electron chi connectivity index (χ0n) is 12.2. The third-order valence-electron chi connectivity index (χ3n) is 3.34. The third kappa shape index (κ3) is 3.64. The first-order valence-corrected chi connectivity index (χ1v) is 7.82. The summed E-state index contributed by atoms with van der Waals surface area (Å²) >= 11 is 6.16. The van der Waals surface area contributed by atoms with Gasteiger partial charge in [-0.25, -0.2) is 0 Å². The van der Waals surface area contributed by atoms with Gasteiger partial charge in [0.15, 0.2) is 0 Å². The van der Waals surface area contributed by atoms with Crippen molar-refractivity contribution in [2.45, 2.75) is 13.8 Å². The molecular formula is C16H15NO3S2. The molecule has 1 aromatic rings. The van der Waals surface area contributed by atoms with Crippen LogP contribution in [0.3, 0.4) is 0 Å². The summed E-state index contributed by atoms with van der Waals surface area (Å²) in [6.45, 7) is 3.69. The van der Waals surface area contributed by atoms with Crippen LogP contribution in [0.15, 0.2) is 35.3 Å². The number of aryl methyl sites for hydroxylation is 1. The summed E-state index contributed by atoms with van der Waals surface area (Å²) in [6, 6.07) is 6.03. The second kappa shape index (κ2) is 6.89. The first-order valence-electron chi connectivity index (χ1n) is 6.60. The number of amides is 1. The highest BCUT2D eigenvalue weighted by Crippen LogP contribution is 2.30. The molecule has 114 valence electrons. The van der Waals surface area contributed by atoms with Crippen LogP contribution in [0.2, 0.25) is 0 Å². The lowest BCUT2D eigenvalue weighted by Crippen LogP contribution is -2.33. The number of carboxylic acid groups (broad SMARTS) is 1. The van der Waals surface area contributed by atoms with Gasteiger partial charge in [0.2, 0.25) is 0 Å². The van der Waals surface area contributed by atoms with Crippen LogP contribution in [-0.2, 0) is 9.59 Å². The lowest BCUT2D eigenvalue weighted by molar-refractivity contribution is -0.140. The molecule has 0 bridgehead atoms. The minimum Gasteiger partial charge on any atom is -0.480 e. The molecule has 0 radical (unpaired) electrons. The number of aliphatic carboxylic acids is 1. The van der Waals surface area contributed by atoms with Crippen LogP contribution in [0.5, 0.6) is 0 Å². The molecule has 0 unspecified atom stereocenters. The van der Waals surface area contributed by atoms with Crippen molar-refractivity contribution in [1.29, 1.82) is 0 Å². The van der Waals surface area contributed by atoms with Crippen LogP contribution < -0.4 is 0 Å². The number of thiocarbonyl (C=S) groups is 1. The van der Waals surface area contributed by atoms with E-state index in [-0.39, 0.29) is 10.2 Å². The fraction of sp³-hybridized carbons (Fsp3) is 0.188. The van der Waals surface area contributed by atoms with Gasteiger partial charge >= 0.3 is 5.97 Å². The fourth-order valence-electron chi connectivity index (χ4n) is 1.98. The van der Waals surface area contributed by atoms with Crippen molar-refractivity contribution in [2.75, 3.05) is 6.54 Å². The lowest BCUT2D eigenvalue weighted by Gasteiger charge is -2.09. The number of rotatable bonds is 4. The van der Waals surface area contributed by atoms with Crippen LogP contribution in [0, 0.1) is 13.8 Å². The maximum atomic E-state index is 12.1. The molecule has 0 saturated carbocycles. The second-order valence-electron chi connectivity index (χ2n) is 4.83. The van der Waals surface area contributed by atoms with Crippen LogP contribution in [0.4, 0.5) is 0 Å². The van der Waals surface area contributed by atoms with Crippen molar-refractivity contribution >= 4 is 46.3 Å². The number of hydrogen-bond donors (Lipinski definition) is 1. The Hall–Kier alpha value is -1.92. The van der Waals surface area contributed by atoms with E-state index < -0.39 is 12.5 Å². The van der Waals surface area contributed by atoms with Crippen molar-refractivity contribution in [1.82, 2.24) is 4.90 Å². The molecule has 0 aliphatic carbocycles. The van der Waals surface area contributed by atoms with Crippen LogP contribution in [0.25, 0.3) is 6.08 Å². The van der Waals surface area contributed by atoms with E-state index >= 15 is 0 Å². The van der Waals surface area contributed by atoms with Gasteiger partial charge in [-0.3, -0.25) is 14.5 Å². The normalized spacial score (nSPS) is 17.0. The minimum absolute atomic E-state index is 0.277. The number of thioether (sulfide) groups is 1. The quantitative estimate of drug-likeness (QED) is 0.677. The zero-order valence-corrected chi connectivity index (χ0v) is 13.8. The predicted molar refractivity (Wildman–Crippen MR) is 92.6 cm³/mol. The number of carbonyl (C=O) groups is 2. The number of benzene rings is 1. The van der Waals surface area contributed by atoms with Gasteiger partial charge in [-0.2, -0.15) is 0 Å². The summed E-state index contributed by atoms with van der Waals surface area (Å²) in [4.78, 5) is 24.3. The molecule has 0 spiro atoms. The molecule has 1 amide bonds. The maximum absolute atomic E-state index is 12.1. The largest absolute Gasteiger partial charge is 0.480 e. The molecule has 22 heavy (non-hydrogen) atoms. The molecule has 1 aromatic carbocycles. The molecule has 1 saturated heterocycles. The van der Waals surface area contributed by atoms with E-state index in [1.54, 1.807) is 12.2 Å². The zero-order chi connectivity index (χ0) is 16.3. The van der Waals surface area contributed by atoms with Gasteiger partial charge < -0.3 is 5.11 Å². The van der Waals surface area contributed by atoms with Crippen molar-refractivity contribution in [2.24, 2.45) is 0 Å². The molecule has 0 atom stereocenters. The molecule has 2 rings (SSSR count). The van der Waals surface area contributed by atoms with E-state index in [0.29, 0.717) is 4.91 Å². The van der Waals surface area contributed by atoms with E-state index in [1.165, 1.54) is 11.1 Å². The van der Waals surface area contributed by atoms with E-state index in [9.17, 15) is 9.59 Å². The summed E-state index contributed by atoms with van der Waals surface area (Å²) in [6.07, 6.45) is 5.38. The number of carboxylic acids is 1. The summed E-state index contributed by atoms with van der Waals surface area (Å²) < 4.78 is 0.277. The van der Waals surface area contributed by atoms with Gasteiger partial charge in [0.25, 0.3) is 5.91 Å². The van der Waals surface area contributed by atoms with Gasteiger partial charge in [-0.05, 0) is 36.6 Å². The van der Waals surface area contributed by atoms with Gasteiger partial charge in [-0.1, -0.05) is 54.3 Å². The van der Waals surface area contributed by atoms with Gasteiger partial charge in [0.05, 0.1) is 4.91 Å². The molecule has 1 aliphatic rings. The predicted octanol–water partition coefficient (Wildman–Crippen LogP) is 3.15. The first-order chi connectivity index (χ1) is 10.4. The summed E-state index contributed by atoms with van der Waals surface area (Å²) in [5.74, 6) is -1.44. The SMILES string of the molecule is Cc1cccc(C=CC=C2SC(=S)N(CC(=O)O)C2=O)c1C. The lowest BCUT2D eigenvalue weighted by atomic mass is 10.0. The van der Waals surface area contributed by atoms with Gasteiger partial charge in [-0.15, -0.1) is 0 Å². The summed E-state index contributed by atoms with van der Waals surface area (Å²) in [5.41, 5.74) is 3.47. The molecular weight excluding hydrogens is 318 g/mol. The topological polar surface area (TPSA) is 57.6 Å². The highest BCUT2D eigenvalue weighted by atomic mass is 32.2. The van der Waals surface area contributed by atoms with Crippen LogP contribution in [-0.4, -0.2) is 32.7 Å². The van der Waals surface area contributed by atoms with Gasteiger partial charge in [0, 0.05) is 0 Å². The summed E-state index contributed by atoms with van der Waals surface area (Å²) in [5, 5.41) is 8.78. The van der Waals surface area contributed by atoms with Crippen molar-refractivity contribution in [3.63, 3.8) is 0 Å².